The van der Waals surface area contributed by atoms with E-state index in [9.17, 15) is 9.90 Å². The van der Waals surface area contributed by atoms with Crippen LogP contribution in [0.25, 0.3) is 0 Å². The van der Waals surface area contributed by atoms with Crippen molar-refractivity contribution in [2.45, 2.75) is 32.5 Å². The second kappa shape index (κ2) is 6.37. The molecule has 0 aliphatic rings. The lowest BCUT2D eigenvalue weighted by molar-refractivity contribution is -0.131. The molecule has 4 N–H and O–H groups in total. The van der Waals surface area contributed by atoms with Crippen molar-refractivity contribution >= 4 is 5.91 Å². The first kappa shape index (κ1) is 13.7. The number of nitrogens with one attached hydrogen (secondary N) is 1. The number of aliphatic hydroxyl groups is 1. The highest BCUT2D eigenvalue weighted by Crippen LogP contribution is 2.04. The predicted octanol–water partition coefficient (Wildman–Crippen LogP) is 0.647. The first-order valence-electron chi connectivity index (χ1n) is 5.77. The van der Waals surface area contributed by atoms with Gasteiger partial charge in [-0.25, -0.2) is 0 Å². The minimum Gasteiger partial charge on any atom is -0.382 e. The maximum Gasteiger partial charge on any atom is 0.250 e. The summed E-state index contributed by atoms with van der Waals surface area (Å²) in [6.07, 6.45) is -1.15. The van der Waals surface area contributed by atoms with E-state index in [0.29, 0.717) is 6.54 Å². The lowest BCUT2D eigenvalue weighted by atomic mass is 9.99. The van der Waals surface area contributed by atoms with Gasteiger partial charge in [0.25, 0.3) is 5.91 Å². The van der Waals surface area contributed by atoms with E-state index in [1.165, 1.54) is 0 Å². The lowest BCUT2D eigenvalue weighted by Gasteiger charge is -2.21. The predicted molar refractivity (Wildman–Crippen MR) is 67.1 cm³/mol. The number of aliphatic hydroxyl groups excluding tert-OH is 1. The number of hydrogen-bond acceptors (Lipinski definition) is 3. The number of benzene rings is 1. The van der Waals surface area contributed by atoms with Gasteiger partial charge >= 0.3 is 0 Å². The maximum absolute atomic E-state index is 11.6. The molecule has 0 fully saturated rings. The first-order chi connectivity index (χ1) is 8.02. The van der Waals surface area contributed by atoms with Crippen LogP contribution in [-0.4, -0.2) is 23.2 Å². The Kier molecular flexibility index (Phi) is 5.12. The molecule has 0 aliphatic heterocycles. The van der Waals surface area contributed by atoms with Crippen molar-refractivity contribution in [1.82, 2.24) is 5.32 Å². The number of amides is 1. The van der Waals surface area contributed by atoms with Crippen LogP contribution in [-0.2, 0) is 11.3 Å². The number of nitrogens with two attached hydrogens (primary N) is 1. The van der Waals surface area contributed by atoms with Gasteiger partial charge in [-0.2, -0.15) is 0 Å². The van der Waals surface area contributed by atoms with Crippen molar-refractivity contribution in [3.05, 3.63) is 35.9 Å². The maximum atomic E-state index is 11.6. The third-order valence-corrected chi connectivity index (χ3v) is 2.71. The molecular weight excluding hydrogens is 216 g/mol. The van der Waals surface area contributed by atoms with Gasteiger partial charge in [-0.1, -0.05) is 44.2 Å². The molecule has 1 unspecified atom stereocenters. The molecule has 0 heterocycles. The average Bonchev–Trinajstić information content (AvgIpc) is 2.35. The molecule has 17 heavy (non-hydrogen) atoms. The highest BCUT2D eigenvalue weighted by molar-refractivity contribution is 5.81. The summed E-state index contributed by atoms with van der Waals surface area (Å²) in [4.78, 5) is 11.6. The van der Waals surface area contributed by atoms with Gasteiger partial charge in [-0.05, 0) is 11.5 Å². The molecule has 1 aromatic rings. The summed E-state index contributed by atoms with van der Waals surface area (Å²) < 4.78 is 0. The fourth-order valence-corrected chi connectivity index (χ4v) is 1.43. The van der Waals surface area contributed by atoms with Crippen molar-refractivity contribution in [1.29, 1.82) is 0 Å². The van der Waals surface area contributed by atoms with E-state index in [2.05, 4.69) is 5.32 Å². The van der Waals surface area contributed by atoms with Crippen LogP contribution in [0.2, 0.25) is 0 Å². The molecule has 1 aromatic carbocycles. The van der Waals surface area contributed by atoms with Crippen molar-refractivity contribution in [3.8, 4) is 0 Å². The normalized spacial score (nSPS) is 14.4. The van der Waals surface area contributed by atoms with Crippen LogP contribution in [0.1, 0.15) is 19.4 Å². The molecule has 1 amide bonds. The van der Waals surface area contributed by atoms with Crippen molar-refractivity contribution < 1.29 is 9.90 Å². The van der Waals surface area contributed by atoms with E-state index in [-0.39, 0.29) is 5.92 Å². The molecule has 0 aromatic heterocycles. The van der Waals surface area contributed by atoms with Crippen LogP contribution in [0.5, 0.6) is 0 Å². The average molecular weight is 236 g/mol. The number of carbonyl (C=O) groups excluding carboxylic acids is 1. The summed E-state index contributed by atoms with van der Waals surface area (Å²) in [5.41, 5.74) is 6.71. The Labute approximate surface area is 102 Å². The topological polar surface area (TPSA) is 75.3 Å². The first-order valence-corrected chi connectivity index (χ1v) is 5.77. The number of hydrogen-bond donors (Lipinski definition) is 3. The molecule has 0 saturated heterocycles. The van der Waals surface area contributed by atoms with Crippen LogP contribution in [0.3, 0.4) is 0 Å². The van der Waals surface area contributed by atoms with Gasteiger partial charge in [-0.3, -0.25) is 4.79 Å². The van der Waals surface area contributed by atoms with E-state index >= 15 is 0 Å². The molecule has 4 heteroatoms. The van der Waals surface area contributed by atoms with E-state index in [4.69, 9.17) is 5.73 Å². The second-order valence-electron chi connectivity index (χ2n) is 4.47. The summed E-state index contributed by atoms with van der Waals surface area (Å²) in [7, 11) is 0. The lowest BCUT2D eigenvalue weighted by Crippen LogP contribution is -2.48. The Morgan fingerprint density at radius 2 is 1.94 bits per heavy atom. The molecule has 2 atom stereocenters. The summed E-state index contributed by atoms with van der Waals surface area (Å²) >= 11 is 0. The van der Waals surface area contributed by atoms with E-state index < -0.39 is 18.1 Å². The fourth-order valence-electron chi connectivity index (χ4n) is 1.43. The quantitative estimate of drug-likeness (QED) is 0.702. The minimum atomic E-state index is -1.15. The van der Waals surface area contributed by atoms with E-state index in [1.54, 1.807) is 0 Å². The zero-order valence-corrected chi connectivity index (χ0v) is 10.3. The highest BCUT2D eigenvalue weighted by atomic mass is 16.3. The zero-order valence-electron chi connectivity index (χ0n) is 10.3. The summed E-state index contributed by atoms with van der Waals surface area (Å²) in [6.45, 7) is 4.15. The Morgan fingerprint density at radius 3 is 2.47 bits per heavy atom. The fraction of sp³-hybridized carbons (Fsp3) is 0.462. The van der Waals surface area contributed by atoms with Crippen LogP contribution >= 0.6 is 0 Å². The largest absolute Gasteiger partial charge is 0.382 e. The molecule has 0 bridgehead atoms. The Bertz CT molecular complexity index is 352. The summed E-state index contributed by atoms with van der Waals surface area (Å²) in [5, 5.41) is 12.4. The molecule has 0 aliphatic carbocycles. The van der Waals surface area contributed by atoms with E-state index in [1.807, 2.05) is 44.2 Å². The Morgan fingerprint density at radius 1 is 1.35 bits per heavy atom. The van der Waals surface area contributed by atoms with Crippen LogP contribution in [0.15, 0.2) is 30.3 Å². The van der Waals surface area contributed by atoms with Crippen LogP contribution in [0, 0.1) is 5.92 Å². The van der Waals surface area contributed by atoms with Crippen LogP contribution in [0.4, 0.5) is 0 Å². The summed E-state index contributed by atoms with van der Waals surface area (Å²) in [6, 6.07) is 9.00. The number of rotatable bonds is 5. The Hall–Kier alpha value is -1.39. The monoisotopic (exact) mass is 236 g/mol. The van der Waals surface area contributed by atoms with E-state index in [0.717, 1.165) is 5.56 Å². The highest BCUT2D eigenvalue weighted by Gasteiger charge is 2.24. The van der Waals surface area contributed by atoms with Gasteiger partial charge in [0.1, 0.15) is 6.10 Å². The van der Waals surface area contributed by atoms with Gasteiger partial charge in [0, 0.05) is 12.6 Å². The van der Waals surface area contributed by atoms with Crippen molar-refractivity contribution in [2.24, 2.45) is 11.7 Å². The zero-order chi connectivity index (χ0) is 12.8. The van der Waals surface area contributed by atoms with Gasteiger partial charge < -0.3 is 16.2 Å². The third kappa shape index (κ3) is 4.17. The molecule has 0 saturated carbocycles. The third-order valence-electron chi connectivity index (χ3n) is 2.71. The van der Waals surface area contributed by atoms with Gasteiger partial charge in [0.15, 0.2) is 0 Å². The van der Waals surface area contributed by atoms with Crippen LogP contribution < -0.4 is 11.1 Å². The van der Waals surface area contributed by atoms with Gasteiger partial charge in [-0.15, -0.1) is 0 Å². The summed E-state index contributed by atoms with van der Waals surface area (Å²) in [5.74, 6) is -0.359. The smallest absolute Gasteiger partial charge is 0.250 e. The standard InChI is InChI=1S/C13H20N2O2/c1-9(2)11(14)12(16)13(17)15-8-10-6-4-3-5-7-10/h3-7,9,11-12,16H,8,14H2,1-2H3,(H,15,17)/t11-,12?/m0/s1. The molecule has 1 rings (SSSR count). The molecule has 0 spiro atoms. The van der Waals surface area contributed by atoms with Crippen molar-refractivity contribution in [2.75, 3.05) is 0 Å². The van der Waals surface area contributed by atoms with Crippen molar-refractivity contribution in [3.63, 3.8) is 0 Å². The molecule has 94 valence electrons. The SMILES string of the molecule is CC(C)[C@H](N)C(O)C(=O)NCc1ccccc1. The minimum absolute atomic E-state index is 0.0625. The Balaban J connectivity index is 2.45. The molecular formula is C13H20N2O2. The molecule has 0 radical (unpaired) electrons. The van der Waals surface area contributed by atoms with Gasteiger partial charge in [0.05, 0.1) is 0 Å². The van der Waals surface area contributed by atoms with Gasteiger partial charge in [0.2, 0.25) is 0 Å². The second-order valence-corrected chi connectivity index (χ2v) is 4.47. The molecule has 4 nitrogen and oxygen atoms in total. The number of carbonyl (C=O) groups is 1.